The predicted molar refractivity (Wildman–Crippen MR) is 132 cm³/mol. The van der Waals surface area contributed by atoms with Crippen molar-refractivity contribution in [1.29, 1.82) is 0 Å². The lowest BCUT2D eigenvalue weighted by Gasteiger charge is -2.23. The van der Waals surface area contributed by atoms with Crippen LogP contribution < -0.4 is 10.1 Å². The molecule has 0 aliphatic carbocycles. The number of rotatable bonds is 6. The van der Waals surface area contributed by atoms with E-state index in [4.69, 9.17) is 4.74 Å². The Labute approximate surface area is 201 Å². The van der Waals surface area contributed by atoms with Crippen LogP contribution in [0.3, 0.4) is 0 Å². The van der Waals surface area contributed by atoms with E-state index in [0.717, 1.165) is 26.6 Å². The molecule has 6 nitrogen and oxygen atoms in total. The molecule has 0 bridgehead atoms. The summed E-state index contributed by atoms with van der Waals surface area (Å²) in [5, 5.41) is 7.55. The van der Waals surface area contributed by atoms with Gasteiger partial charge in [0.05, 0.1) is 11.9 Å². The number of hydrogen-bond donors (Lipinski definition) is 1. The van der Waals surface area contributed by atoms with Gasteiger partial charge >= 0.3 is 6.09 Å². The fourth-order valence-electron chi connectivity index (χ4n) is 3.81. The topological polar surface area (TPSA) is 68.5 Å². The molecule has 1 atom stereocenters. The first kappa shape index (κ1) is 21.7. The number of nitrogens with one attached hydrogen (secondary N) is 1. The fourth-order valence-corrected chi connectivity index (χ4v) is 4.89. The number of ether oxygens (including phenoxy) is 1. The molecule has 0 saturated carbocycles. The monoisotopic (exact) mass is 466 g/mol. The third-order valence-corrected chi connectivity index (χ3v) is 6.44. The Hall–Kier alpha value is -4.10. The second-order valence-electron chi connectivity index (χ2n) is 7.66. The zero-order valence-electron chi connectivity index (χ0n) is 18.5. The first-order chi connectivity index (χ1) is 16.7. The quantitative estimate of drug-likeness (QED) is 0.329. The molecule has 2 heterocycles. The van der Waals surface area contributed by atoms with E-state index >= 15 is 0 Å². The highest BCUT2D eigenvalue weighted by molar-refractivity contribution is 7.99. The Morgan fingerprint density at radius 1 is 0.941 bits per heavy atom. The summed E-state index contributed by atoms with van der Waals surface area (Å²) in [6.07, 6.45) is 2.90. The van der Waals surface area contributed by atoms with Gasteiger partial charge in [0.25, 0.3) is 0 Å². The minimum absolute atomic E-state index is 0.471. The van der Waals surface area contributed by atoms with E-state index < -0.39 is 12.1 Å². The van der Waals surface area contributed by atoms with Crippen LogP contribution in [-0.2, 0) is 0 Å². The number of aromatic nitrogens is 3. The molecule has 2 aromatic heterocycles. The zero-order chi connectivity index (χ0) is 23.3. The van der Waals surface area contributed by atoms with Gasteiger partial charge in [-0.1, -0.05) is 60.3 Å². The Bertz CT molecular complexity index is 1420. The summed E-state index contributed by atoms with van der Waals surface area (Å²) in [4.78, 5) is 19.7. The van der Waals surface area contributed by atoms with Gasteiger partial charge in [-0.25, -0.2) is 14.3 Å². The molecule has 3 aromatic carbocycles. The molecule has 5 rings (SSSR count). The normalized spacial score (nSPS) is 11.8. The molecule has 168 valence electrons. The van der Waals surface area contributed by atoms with Gasteiger partial charge in [0.1, 0.15) is 11.8 Å². The van der Waals surface area contributed by atoms with Gasteiger partial charge in [-0.05, 0) is 60.5 Å². The molecule has 1 unspecified atom stereocenters. The first-order valence-corrected chi connectivity index (χ1v) is 11.6. The van der Waals surface area contributed by atoms with Crippen molar-refractivity contribution in [1.82, 2.24) is 19.9 Å². The Balaban J connectivity index is 1.58. The summed E-state index contributed by atoms with van der Waals surface area (Å²) in [6.45, 7) is 2.04. The van der Waals surface area contributed by atoms with Gasteiger partial charge in [0, 0.05) is 16.0 Å². The second-order valence-corrected chi connectivity index (χ2v) is 8.77. The molecular weight excluding hydrogens is 444 g/mol. The largest absolute Gasteiger partial charge is 0.413 e. The van der Waals surface area contributed by atoms with Crippen molar-refractivity contribution in [2.75, 3.05) is 0 Å². The first-order valence-electron chi connectivity index (χ1n) is 10.8. The molecule has 0 aliphatic rings. The van der Waals surface area contributed by atoms with Crippen LogP contribution in [-0.4, -0.2) is 20.7 Å². The maximum atomic E-state index is 13.0. The van der Waals surface area contributed by atoms with Gasteiger partial charge in [0.2, 0.25) is 0 Å². The maximum absolute atomic E-state index is 13.0. The van der Waals surface area contributed by atoms with E-state index in [1.54, 1.807) is 40.8 Å². The van der Waals surface area contributed by atoms with Crippen LogP contribution in [0.1, 0.15) is 22.9 Å². The van der Waals surface area contributed by atoms with E-state index in [2.05, 4.69) is 33.6 Å². The maximum Gasteiger partial charge on any atom is 0.413 e. The highest BCUT2D eigenvalue weighted by Gasteiger charge is 2.26. The molecule has 0 spiro atoms. The molecule has 7 heteroatoms. The van der Waals surface area contributed by atoms with Crippen LogP contribution in [0.5, 0.6) is 5.75 Å². The van der Waals surface area contributed by atoms with E-state index in [1.165, 1.54) is 0 Å². The summed E-state index contributed by atoms with van der Waals surface area (Å²) < 4.78 is 7.31. The summed E-state index contributed by atoms with van der Waals surface area (Å²) in [7, 11) is 0. The average Bonchev–Trinajstić information content (AvgIpc) is 3.28. The predicted octanol–water partition coefficient (Wildman–Crippen LogP) is 6.07. The molecule has 1 N–H and O–H groups in total. The molecule has 0 aliphatic heterocycles. The van der Waals surface area contributed by atoms with Crippen LogP contribution in [0.15, 0.2) is 113 Å². The molecule has 5 aromatic rings. The molecule has 0 fully saturated rings. The lowest BCUT2D eigenvalue weighted by molar-refractivity contribution is 0.197. The minimum atomic E-state index is -0.555. The van der Waals surface area contributed by atoms with Crippen LogP contribution >= 0.6 is 11.8 Å². The van der Waals surface area contributed by atoms with Gasteiger partial charge in [-0.2, -0.15) is 5.10 Å². The summed E-state index contributed by atoms with van der Waals surface area (Å²) in [5.74, 6) is 0.471. The van der Waals surface area contributed by atoms with Crippen LogP contribution in [0.25, 0.3) is 5.65 Å². The van der Waals surface area contributed by atoms with Crippen molar-refractivity contribution < 1.29 is 9.53 Å². The lowest BCUT2D eigenvalue weighted by Crippen LogP contribution is -2.33. The number of carbonyl (C=O) groups excluding carboxylic acids is 1. The summed E-state index contributed by atoms with van der Waals surface area (Å²) in [5.41, 5.74) is 3.45. The highest BCUT2D eigenvalue weighted by Crippen LogP contribution is 2.37. The number of aryl methyl sites for hydroxylation is 1. The van der Waals surface area contributed by atoms with Crippen LogP contribution in [0.2, 0.25) is 0 Å². The number of benzene rings is 3. The van der Waals surface area contributed by atoms with Gasteiger partial charge in [0.15, 0.2) is 5.65 Å². The Morgan fingerprint density at radius 2 is 1.71 bits per heavy atom. The number of carbonyl (C=O) groups is 1. The van der Waals surface area contributed by atoms with Crippen molar-refractivity contribution in [2.45, 2.75) is 22.8 Å². The number of para-hydroxylation sites is 1. The highest BCUT2D eigenvalue weighted by atomic mass is 32.2. The van der Waals surface area contributed by atoms with Crippen LogP contribution in [0.4, 0.5) is 4.79 Å². The van der Waals surface area contributed by atoms with Crippen LogP contribution in [0, 0.1) is 6.92 Å². The summed E-state index contributed by atoms with van der Waals surface area (Å²) in [6, 6.07) is 28.5. The minimum Gasteiger partial charge on any atom is -0.410 e. The average molecular weight is 467 g/mol. The molecule has 0 saturated heterocycles. The number of imidazole rings is 1. The van der Waals surface area contributed by atoms with Gasteiger partial charge < -0.3 is 10.1 Å². The number of amides is 1. The number of fused-ring (bicyclic) bond motifs is 1. The van der Waals surface area contributed by atoms with E-state index in [9.17, 15) is 4.79 Å². The van der Waals surface area contributed by atoms with Crippen molar-refractivity contribution >= 4 is 23.5 Å². The Kier molecular flexibility index (Phi) is 6.27. The van der Waals surface area contributed by atoms with Crippen molar-refractivity contribution in [3.8, 4) is 5.75 Å². The van der Waals surface area contributed by atoms with Gasteiger partial charge in [-0.15, -0.1) is 0 Å². The second kappa shape index (κ2) is 9.80. The standard InChI is InChI=1S/C27H22N4O2S/c1-19-10-8-15-23(34-21-13-6-3-7-14-21)25(19)26(22-18-28-24-16-9-17-29-31(22)24)30-27(32)33-20-11-4-2-5-12-20/h2-18,26H,1H3,(H,30,32). The van der Waals surface area contributed by atoms with E-state index in [-0.39, 0.29) is 0 Å². The lowest BCUT2D eigenvalue weighted by atomic mass is 9.99. The molecule has 34 heavy (non-hydrogen) atoms. The van der Waals surface area contributed by atoms with Crippen molar-refractivity contribution in [3.05, 3.63) is 120 Å². The molecule has 0 radical (unpaired) electrons. The number of hydrogen-bond acceptors (Lipinski definition) is 5. The van der Waals surface area contributed by atoms with Crippen molar-refractivity contribution in [2.24, 2.45) is 0 Å². The van der Waals surface area contributed by atoms with E-state index in [1.807, 2.05) is 67.6 Å². The van der Waals surface area contributed by atoms with Gasteiger partial charge in [-0.3, -0.25) is 0 Å². The molecule has 1 amide bonds. The third kappa shape index (κ3) is 4.65. The van der Waals surface area contributed by atoms with Crippen molar-refractivity contribution in [3.63, 3.8) is 0 Å². The third-order valence-electron chi connectivity index (χ3n) is 5.36. The van der Waals surface area contributed by atoms with E-state index in [0.29, 0.717) is 11.4 Å². The number of nitrogens with zero attached hydrogens (tertiary/aromatic N) is 3. The SMILES string of the molecule is Cc1cccc(Sc2ccccc2)c1C(NC(=O)Oc1ccccc1)c1cnc2cccnn12. The fraction of sp³-hybridized carbons (Fsp3) is 0.0741. The summed E-state index contributed by atoms with van der Waals surface area (Å²) >= 11 is 1.65. The Morgan fingerprint density at radius 3 is 2.50 bits per heavy atom. The smallest absolute Gasteiger partial charge is 0.410 e. The molecular formula is C27H22N4O2S. The zero-order valence-corrected chi connectivity index (χ0v) is 19.3.